The van der Waals surface area contributed by atoms with Crippen LogP contribution in [0.5, 0.6) is 0 Å². The van der Waals surface area contributed by atoms with Crippen LogP contribution in [0.15, 0.2) is 0 Å². The monoisotopic (exact) mass is 176 g/mol. The molecule has 2 bridgehead atoms. The molecule has 2 saturated heterocycles. The number of rotatable bonds is 1. The molecule has 2 fully saturated rings. The van der Waals surface area contributed by atoms with Gasteiger partial charge in [-0.25, -0.2) is 0 Å². The van der Waals surface area contributed by atoms with Gasteiger partial charge in [-0.2, -0.15) is 0 Å². The van der Waals surface area contributed by atoms with E-state index in [1.807, 2.05) is 0 Å². The molecule has 0 aromatic heterocycles. The highest BCUT2D eigenvalue weighted by Crippen LogP contribution is 2.29. The van der Waals surface area contributed by atoms with E-state index in [-0.39, 0.29) is 6.10 Å². The largest absolute Gasteiger partial charge is 0.387 e. The van der Waals surface area contributed by atoms with Gasteiger partial charge in [0.25, 0.3) is 0 Å². The second-order valence-electron chi connectivity index (χ2n) is 3.06. The zero-order valence-corrected chi connectivity index (χ0v) is 6.71. The highest BCUT2D eigenvalue weighted by atomic mass is 16.7. The fraction of sp³-hybridized carbons (Fsp3) is 1.00. The van der Waals surface area contributed by atoms with Gasteiger partial charge in [-0.05, 0) is 0 Å². The maximum absolute atomic E-state index is 9.49. The van der Waals surface area contributed by atoms with Crippen molar-refractivity contribution in [2.24, 2.45) is 0 Å². The van der Waals surface area contributed by atoms with Crippen LogP contribution in [0.3, 0.4) is 0 Å². The molecule has 70 valence electrons. The van der Waals surface area contributed by atoms with E-state index in [0.29, 0.717) is 6.61 Å². The van der Waals surface area contributed by atoms with Crippen LogP contribution in [0.25, 0.3) is 0 Å². The summed E-state index contributed by atoms with van der Waals surface area (Å²) in [6, 6.07) is 0. The van der Waals surface area contributed by atoms with Crippen molar-refractivity contribution in [2.45, 2.75) is 30.7 Å². The van der Waals surface area contributed by atoms with Crippen molar-refractivity contribution in [1.29, 1.82) is 0 Å². The summed E-state index contributed by atoms with van der Waals surface area (Å²) in [6.45, 7) is 0.322. The summed E-state index contributed by atoms with van der Waals surface area (Å²) in [4.78, 5) is 0. The van der Waals surface area contributed by atoms with Gasteiger partial charge < -0.3 is 24.4 Å². The van der Waals surface area contributed by atoms with E-state index in [9.17, 15) is 10.2 Å². The van der Waals surface area contributed by atoms with E-state index in [1.165, 1.54) is 7.11 Å². The van der Waals surface area contributed by atoms with Crippen molar-refractivity contribution in [3.8, 4) is 0 Å². The van der Waals surface area contributed by atoms with E-state index in [2.05, 4.69) is 0 Å². The molecule has 0 unspecified atom stereocenters. The van der Waals surface area contributed by atoms with Gasteiger partial charge in [-0.1, -0.05) is 0 Å². The van der Waals surface area contributed by atoms with Gasteiger partial charge in [0.1, 0.15) is 24.4 Å². The first-order valence-corrected chi connectivity index (χ1v) is 3.90. The van der Waals surface area contributed by atoms with Gasteiger partial charge in [0.2, 0.25) is 0 Å². The van der Waals surface area contributed by atoms with Gasteiger partial charge in [0.15, 0.2) is 6.29 Å². The summed E-state index contributed by atoms with van der Waals surface area (Å²) in [7, 11) is 1.45. The van der Waals surface area contributed by atoms with Crippen molar-refractivity contribution in [1.82, 2.24) is 0 Å². The minimum Gasteiger partial charge on any atom is -0.387 e. The van der Waals surface area contributed by atoms with Crippen LogP contribution in [-0.2, 0) is 14.2 Å². The van der Waals surface area contributed by atoms with E-state index in [0.717, 1.165) is 0 Å². The van der Waals surface area contributed by atoms with Gasteiger partial charge >= 0.3 is 0 Å². The molecule has 2 aliphatic rings. The molecular formula is C7H12O5. The lowest BCUT2D eigenvalue weighted by Gasteiger charge is -2.33. The molecule has 0 aromatic rings. The topological polar surface area (TPSA) is 68.2 Å². The summed E-state index contributed by atoms with van der Waals surface area (Å²) in [5, 5.41) is 18.9. The molecule has 2 rings (SSSR count). The Hall–Kier alpha value is -0.200. The Morgan fingerprint density at radius 2 is 2.08 bits per heavy atom. The molecule has 2 N–H and O–H groups in total. The fourth-order valence-corrected chi connectivity index (χ4v) is 1.64. The van der Waals surface area contributed by atoms with Gasteiger partial charge in [-0.15, -0.1) is 0 Å². The van der Waals surface area contributed by atoms with Crippen molar-refractivity contribution in [3.05, 3.63) is 0 Å². The molecular weight excluding hydrogens is 164 g/mol. The predicted molar refractivity (Wildman–Crippen MR) is 37.4 cm³/mol. The minimum atomic E-state index is -0.899. The molecule has 0 spiro atoms. The second-order valence-corrected chi connectivity index (χ2v) is 3.06. The molecule has 0 saturated carbocycles. The van der Waals surface area contributed by atoms with E-state index < -0.39 is 24.6 Å². The maximum Gasteiger partial charge on any atom is 0.186 e. The SMILES string of the molecule is CO[C@H]1O[C@H]2CO[C@@H]([C@H]2O)[C@H]1O. The lowest BCUT2D eigenvalue weighted by atomic mass is 10.0. The summed E-state index contributed by atoms with van der Waals surface area (Å²) < 4.78 is 15.2. The first-order chi connectivity index (χ1) is 5.74. The van der Waals surface area contributed by atoms with Crippen LogP contribution in [0, 0.1) is 0 Å². The van der Waals surface area contributed by atoms with Crippen LogP contribution in [0.2, 0.25) is 0 Å². The second kappa shape index (κ2) is 2.93. The smallest absolute Gasteiger partial charge is 0.186 e. The standard InChI is InChI=1S/C7H12O5/c1-10-7-5(9)6-4(8)3(12-7)2-11-6/h3-9H,2H2,1H3/t3-,4-,5+,6-,7-/m0/s1. The van der Waals surface area contributed by atoms with Crippen LogP contribution in [0.4, 0.5) is 0 Å². The zero-order valence-electron chi connectivity index (χ0n) is 6.71. The first kappa shape index (κ1) is 8.40. The van der Waals surface area contributed by atoms with Crippen LogP contribution >= 0.6 is 0 Å². The van der Waals surface area contributed by atoms with Crippen molar-refractivity contribution in [3.63, 3.8) is 0 Å². The Labute approximate surface area is 69.8 Å². The molecule has 2 heterocycles. The predicted octanol–water partition coefficient (Wildman–Crippen LogP) is -1.52. The van der Waals surface area contributed by atoms with Gasteiger partial charge in [0, 0.05) is 7.11 Å². The number of hydrogen-bond donors (Lipinski definition) is 2. The third-order valence-corrected chi connectivity index (χ3v) is 2.33. The highest BCUT2D eigenvalue weighted by Gasteiger charge is 2.50. The van der Waals surface area contributed by atoms with E-state index in [1.54, 1.807) is 0 Å². The Balaban J connectivity index is 2.12. The third-order valence-electron chi connectivity index (χ3n) is 2.33. The van der Waals surface area contributed by atoms with Crippen LogP contribution < -0.4 is 0 Å². The maximum atomic E-state index is 9.49. The molecule has 0 aliphatic carbocycles. The van der Waals surface area contributed by atoms with Gasteiger partial charge in [-0.3, -0.25) is 0 Å². The lowest BCUT2D eigenvalue weighted by molar-refractivity contribution is -0.253. The van der Waals surface area contributed by atoms with E-state index >= 15 is 0 Å². The zero-order chi connectivity index (χ0) is 8.72. The Kier molecular flexibility index (Phi) is 2.05. The molecule has 0 amide bonds. The van der Waals surface area contributed by atoms with E-state index in [4.69, 9.17) is 14.2 Å². The fourth-order valence-electron chi connectivity index (χ4n) is 1.64. The Morgan fingerprint density at radius 1 is 1.33 bits per heavy atom. The van der Waals surface area contributed by atoms with Crippen molar-refractivity contribution in [2.75, 3.05) is 13.7 Å². The van der Waals surface area contributed by atoms with Crippen molar-refractivity contribution >= 4 is 0 Å². The van der Waals surface area contributed by atoms with Crippen molar-refractivity contribution < 1.29 is 24.4 Å². The number of methoxy groups -OCH3 is 1. The summed E-state index contributed by atoms with van der Waals surface area (Å²) in [5.41, 5.74) is 0. The average molecular weight is 176 g/mol. The Bertz CT molecular complexity index is 173. The molecule has 2 aliphatic heterocycles. The molecule has 0 radical (unpaired) electrons. The average Bonchev–Trinajstić information content (AvgIpc) is 2.31. The first-order valence-electron chi connectivity index (χ1n) is 3.90. The number of aliphatic hydroxyl groups is 2. The highest BCUT2D eigenvalue weighted by molar-refractivity contribution is 4.94. The Morgan fingerprint density at radius 3 is 2.75 bits per heavy atom. The van der Waals surface area contributed by atoms with Crippen LogP contribution in [-0.4, -0.2) is 54.6 Å². The molecule has 5 atom stereocenters. The number of fused-ring (bicyclic) bond motifs is 2. The summed E-state index contributed by atoms with van der Waals surface area (Å²) in [5.74, 6) is 0. The molecule has 5 heteroatoms. The normalized spacial score (nSPS) is 52.8. The third kappa shape index (κ3) is 1.06. The van der Waals surface area contributed by atoms with Crippen LogP contribution in [0.1, 0.15) is 0 Å². The quantitative estimate of drug-likeness (QED) is 0.507. The minimum absolute atomic E-state index is 0.322. The summed E-state index contributed by atoms with van der Waals surface area (Å²) in [6.07, 6.45) is -3.22. The summed E-state index contributed by atoms with van der Waals surface area (Å²) >= 11 is 0. The number of aliphatic hydroxyl groups excluding tert-OH is 2. The molecule has 12 heavy (non-hydrogen) atoms. The molecule has 5 nitrogen and oxygen atoms in total. The number of hydrogen-bond acceptors (Lipinski definition) is 5. The van der Waals surface area contributed by atoms with Gasteiger partial charge in [0.05, 0.1) is 6.61 Å². The molecule has 0 aromatic carbocycles. The lowest BCUT2D eigenvalue weighted by Crippen LogP contribution is -2.53. The number of ether oxygens (including phenoxy) is 3.